The van der Waals surface area contributed by atoms with Gasteiger partial charge in [-0.05, 0) is 36.6 Å². The van der Waals surface area contributed by atoms with Crippen LogP contribution in [0.3, 0.4) is 0 Å². The molecular weight excluding hydrogens is 344 g/mol. The van der Waals surface area contributed by atoms with Crippen molar-refractivity contribution >= 4 is 11.9 Å². The Hall–Kier alpha value is -2.70. The smallest absolute Gasteiger partial charge is 0.328 e. The van der Waals surface area contributed by atoms with Gasteiger partial charge in [-0.25, -0.2) is 9.48 Å². The molecule has 2 aromatic rings. The molecule has 0 unspecified atom stereocenters. The van der Waals surface area contributed by atoms with E-state index in [-0.39, 0.29) is 11.9 Å². The summed E-state index contributed by atoms with van der Waals surface area (Å²) in [6.07, 6.45) is 10.0. The highest BCUT2D eigenvalue weighted by atomic mass is 16.5. The number of amides is 1. The predicted molar refractivity (Wildman–Crippen MR) is 98.5 cm³/mol. The third-order valence-electron chi connectivity index (χ3n) is 5.40. The van der Waals surface area contributed by atoms with Gasteiger partial charge in [0.25, 0.3) is 5.91 Å². The van der Waals surface area contributed by atoms with Crippen LogP contribution in [0.1, 0.15) is 54.6 Å². The zero-order chi connectivity index (χ0) is 18.6. The van der Waals surface area contributed by atoms with Gasteiger partial charge in [-0.1, -0.05) is 37.3 Å². The van der Waals surface area contributed by atoms with E-state index >= 15 is 0 Å². The molecule has 0 radical (unpaired) electrons. The highest BCUT2D eigenvalue weighted by Crippen LogP contribution is 2.26. The average molecular weight is 368 g/mol. The van der Waals surface area contributed by atoms with Crippen molar-refractivity contribution in [3.8, 4) is 5.69 Å². The predicted octanol–water partition coefficient (Wildman–Crippen LogP) is 2.44. The number of carbonyl (C=O) groups is 2. The number of benzene rings is 1. The van der Waals surface area contributed by atoms with Gasteiger partial charge in [-0.15, -0.1) is 5.10 Å². The number of rotatable bonds is 5. The fourth-order valence-corrected chi connectivity index (χ4v) is 3.84. The molecule has 1 saturated heterocycles. The molecule has 1 N–H and O–H groups in total. The molecule has 2 heterocycles. The second-order valence-electron chi connectivity index (χ2n) is 7.39. The van der Waals surface area contributed by atoms with E-state index in [1.54, 1.807) is 16.8 Å². The molecule has 2 fully saturated rings. The van der Waals surface area contributed by atoms with Crippen molar-refractivity contribution in [1.29, 1.82) is 0 Å². The number of hydrogen-bond acceptors (Lipinski definition) is 5. The van der Waals surface area contributed by atoms with E-state index in [2.05, 4.69) is 15.6 Å². The Labute approximate surface area is 158 Å². The Bertz CT molecular complexity index is 809. The van der Waals surface area contributed by atoms with E-state index in [1.165, 1.54) is 32.1 Å². The maximum absolute atomic E-state index is 12.3. The highest BCUT2D eigenvalue weighted by molar-refractivity contribution is 5.97. The largest absolute Gasteiger partial charge is 0.464 e. The maximum atomic E-state index is 12.3. The quantitative estimate of drug-likeness (QED) is 0.819. The Morgan fingerprint density at radius 2 is 1.93 bits per heavy atom. The molecule has 1 saturated carbocycles. The lowest BCUT2D eigenvalue weighted by atomic mass is 9.86. The minimum absolute atomic E-state index is 0.276. The molecule has 7 heteroatoms. The molecule has 142 valence electrons. The summed E-state index contributed by atoms with van der Waals surface area (Å²) in [7, 11) is 0. The molecule has 1 atom stereocenters. The van der Waals surface area contributed by atoms with Gasteiger partial charge in [0.2, 0.25) is 0 Å². The van der Waals surface area contributed by atoms with Crippen molar-refractivity contribution in [3.63, 3.8) is 0 Å². The summed E-state index contributed by atoms with van der Waals surface area (Å²) >= 11 is 0. The summed E-state index contributed by atoms with van der Waals surface area (Å²) in [6.45, 7) is 0.359. The molecule has 7 nitrogen and oxygen atoms in total. The van der Waals surface area contributed by atoms with E-state index in [0.29, 0.717) is 18.6 Å². The van der Waals surface area contributed by atoms with Crippen LogP contribution in [0.25, 0.3) is 5.69 Å². The van der Waals surface area contributed by atoms with Crippen LogP contribution >= 0.6 is 0 Å². The van der Waals surface area contributed by atoms with Crippen molar-refractivity contribution in [3.05, 3.63) is 41.7 Å². The SMILES string of the molecule is O=C(N[C@H]1CCOC1=O)c1ccc(-n2cc(CC3CCCCC3)nn2)cc1. The van der Waals surface area contributed by atoms with Crippen molar-refractivity contribution in [2.24, 2.45) is 5.92 Å². The van der Waals surface area contributed by atoms with Crippen molar-refractivity contribution in [2.75, 3.05) is 6.61 Å². The molecule has 4 rings (SSSR count). The zero-order valence-corrected chi connectivity index (χ0v) is 15.3. The molecule has 1 aliphatic carbocycles. The summed E-state index contributed by atoms with van der Waals surface area (Å²) in [5.74, 6) is 0.0762. The lowest BCUT2D eigenvalue weighted by Crippen LogP contribution is -2.37. The maximum Gasteiger partial charge on any atom is 0.328 e. The third kappa shape index (κ3) is 4.18. The van der Waals surface area contributed by atoms with Gasteiger partial charge in [0.1, 0.15) is 6.04 Å². The number of aromatic nitrogens is 3. The average Bonchev–Trinajstić information content (AvgIpc) is 3.32. The minimum Gasteiger partial charge on any atom is -0.464 e. The number of carbonyl (C=O) groups excluding carboxylic acids is 2. The molecule has 1 aliphatic heterocycles. The number of cyclic esters (lactones) is 1. The molecule has 0 bridgehead atoms. The second kappa shape index (κ2) is 7.90. The Morgan fingerprint density at radius 1 is 1.15 bits per heavy atom. The van der Waals surface area contributed by atoms with E-state index in [9.17, 15) is 9.59 Å². The number of nitrogens with one attached hydrogen (secondary N) is 1. The normalized spacial score (nSPS) is 20.4. The van der Waals surface area contributed by atoms with Crippen LogP contribution in [0.15, 0.2) is 30.5 Å². The number of ether oxygens (including phenoxy) is 1. The first-order valence-corrected chi connectivity index (χ1v) is 9.68. The molecule has 2 aliphatic rings. The lowest BCUT2D eigenvalue weighted by Gasteiger charge is -2.19. The van der Waals surface area contributed by atoms with E-state index in [4.69, 9.17) is 4.74 Å². The summed E-state index contributed by atoms with van der Waals surface area (Å²) in [5.41, 5.74) is 2.37. The van der Waals surface area contributed by atoms with Crippen LogP contribution in [0.4, 0.5) is 0 Å². The Balaban J connectivity index is 1.38. The fraction of sp³-hybridized carbons (Fsp3) is 0.500. The fourth-order valence-electron chi connectivity index (χ4n) is 3.84. The Kier molecular flexibility index (Phi) is 5.18. The van der Waals surface area contributed by atoms with E-state index in [1.807, 2.05) is 18.3 Å². The van der Waals surface area contributed by atoms with Crippen LogP contribution in [0, 0.1) is 5.92 Å². The van der Waals surface area contributed by atoms with Crippen molar-refractivity contribution in [1.82, 2.24) is 20.3 Å². The zero-order valence-electron chi connectivity index (χ0n) is 15.3. The first-order valence-electron chi connectivity index (χ1n) is 9.68. The first kappa shape index (κ1) is 17.7. The summed E-state index contributed by atoms with van der Waals surface area (Å²) in [5, 5.41) is 11.2. The van der Waals surface area contributed by atoms with Crippen LogP contribution in [0.5, 0.6) is 0 Å². The van der Waals surface area contributed by atoms with Crippen LogP contribution < -0.4 is 5.32 Å². The second-order valence-corrected chi connectivity index (χ2v) is 7.39. The standard InChI is InChI=1S/C20H24N4O3/c25-19(21-18-10-11-27-20(18)26)15-6-8-17(9-7-15)24-13-16(22-23-24)12-14-4-2-1-3-5-14/h6-9,13-14,18H,1-5,10-12H2,(H,21,25)/t18-/m0/s1. The highest BCUT2D eigenvalue weighted by Gasteiger charge is 2.28. The van der Waals surface area contributed by atoms with E-state index in [0.717, 1.165) is 23.7 Å². The first-order chi connectivity index (χ1) is 13.2. The van der Waals surface area contributed by atoms with Gasteiger partial charge in [0, 0.05) is 12.0 Å². The van der Waals surface area contributed by atoms with E-state index < -0.39 is 6.04 Å². The molecule has 0 spiro atoms. The van der Waals surface area contributed by atoms with Crippen molar-refractivity contribution in [2.45, 2.75) is 51.0 Å². The summed E-state index contributed by atoms with van der Waals surface area (Å²) < 4.78 is 6.61. The molecule has 1 amide bonds. The third-order valence-corrected chi connectivity index (χ3v) is 5.40. The summed E-state index contributed by atoms with van der Waals surface area (Å²) in [6, 6.07) is 6.58. The number of nitrogens with zero attached hydrogens (tertiary/aromatic N) is 3. The van der Waals surface area contributed by atoms with Gasteiger partial charge in [0.05, 0.1) is 24.2 Å². The van der Waals surface area contributed by atoms with Crippen LogP contribution in [-0.4, -0.2) is 39.5 Å². The Morgan fingerprint density at radius 3 is 2.63 bits per heavy atom. The summed E-state index contributed by atoms with van der Waals surface area (Å²) in [4.78, 5) is 23.7. The lowest BCUT2D eigenvalue weighted by molar-refractivity contribution is -0.139. The molecular formula is C20H24N4O3. The monoisotopic (exact) mass is 368 g/mol. The topological polar surface area (TPSA) is 86.1 Å². The number of hydrogen-bond donors (Lipinski definition) is 1. The number of esters is 1. The molecule has 1 aromatic carbocycles. The van der Waals surface area contributed by atoms with Crippen LogP contribution in [0.2, 0.25) is 0 Å². The van der Waals surface area contributed by atoms with Crippen LogP contribution in [-0.2, 0) is 16.0 Å². The molecule has 1 aromatic heterocycles. The van der Waals surface area contributed by atoms with Crippen molar-refractivity contribution < 1.29 is 14.3 Å². The van der Waals surface area contributed by atoms with Gasteiger partial charge >= 0.3 is 5.97 Å². The van der Waals surface area contributed by atoms with Gasteiger partial charge in [0.15, 0.2) is 0 Å². The van der Waals surface area contributed by atoms with Gasteiger partial charge in [-0.2, -0.15) is 0 Å². The minimum atomic E-state index is -0.546. The van der Waals surface area contributed by atoms with Gasteiger partial charge < -0.3 is 10.1 Å². The van der Waals surface area contributed by atoms with Gasteiger partial charge in [-0.3, -0.25) is 4.79 Å². The molecule has 27 heavy (non-hydrogen) atoms.